The van der Waals surface area contributed by atoms with Crippen LogP contribution in [0.4, 0.5) is 5.69 Å². The minimum atomic E-state index is -0.665. The zero-order valence-corrected chi connectivity index (χ0v) is 16.5. The molecule has 3 rings (SSSR count). The second-order valence-corrected chi connectivity index (χ2v) is 6.13. The number of nitrogens with one attached hydrogen (secondary N) is 2. The minimum Gasteiger partial charge on any atom is -0.493 e. The van der Waals surface area contributed by atoms with E-state index in [4.69, 9.17) is 14.2 Å². The van der Waals surface area contributed by atoms with Crippen molar-refractivity contribution in [1.82, 2.24) is 20.6 Å². The van der Waals surface area contributed by atoms with Crippen LogP contribution in [0.1, 0.15) is 24.2 Å². The van der Waals surface area contributed by atoms with E-state index in [1.54, 1.807) is 32.4 Å². The Morgan fingerprint density at radius 1 is 1.10 bits per heavy atom. The van der Waals surface area contributed by atoms with Gasteiger partial charge in [-0.2, -0.15) is 5.21 Å². The number of para-hydroxylation sites is 2. The zero-order valence-electron chi connectivity index (χ0n) is 16.5. The number of ether oxygens (including phenoxy) is 3. The molecular formula is C20H23N5O4. The van der Waals surface area contributed by atoms with Crippen LogP contribution >= 0.6 is 0 Å². The quantitative estimate of drug-likeness (QED) is 0.571. The van der Waals surface area contributed by atoms with Crippen molar-refractivity contribution in [2.75, 3.05) is 26.1 Å². The summed E-state index contributed by atoms with van der Waals surface area (Å²) in [6, 6.07) is 12.8. The van der Waals surface area contributed by atoms with E-state index in [-0.39, 0.29) is 5.91 Å². The molecule has 3 aromatic rings. The molecule has 1 amide bonds. The van der Waals surface area contributed by atoms with Crippen LogP contribution in [0.25, 0.3) is 0 Å². The van der Waals surface area contributed by atoms with Crippen LogP contribution in [-0.4, -0.2) is 47.4 Å². The Balaban J connectivity index is 1.86. The van der Waals surface area contributed by atoms with E-state index in [1.807, 2.05) is 31.2 Å². The number of hydrogen-bond donors (Lipinski definition) is 2. The molecule has 2 N–H and O–H groups in total. The maximum absolute atomic E-state index is 13.1. The summed E-state index contributed by atoms with van der Waals surface area (Å²) in [5, 5.41) is 16.9. The smallest absolute Gasteiger partial charge is 0.235 e. The van der Waals surface area contributed by atoms with E-state index in [0.29, 0.717) is 41.8 Å². The van der Waals surface area contributed by atoms with Crippen molar-refractivity contribution in [1.29, 1.82) is 0 Å². The lowest BCUT2D eigenvalue weighted by atomic mass is 9.97. The Labute approximate surface area is 168 Å². The zero-order chi connectivity index (χ0) is 20.6. The van der Waals surface area contributed by atoms with Gasteiger partial charge < -0.3 is 19.5 Å². The van der Waals surface area contributed by atoms with Crippen LogP contribution in [0.15, 0.2) is 42.5 Å². The highest BCUT2D eigenvalue weighted by Gasteiger charge is 2.26. The fourth-order valence-electron chi connectivity index (χ4n) is 2.93. The fourth-order valence-corrected chi connectivity index (χ4v) is 2.93. The van der Waals surface area contributed by atoms with Crippen LogP contribution < -0.4 is 19.5 Å². The van der Waals surface area contributed by atoms with Gasteiger partial charge in [0, 0.05) is 0 Å². The highest BCUT2D eigenvalue weighted by Crippen LogP contribution is 2.31. The molecule has 152 valence electrons. The molecule has 1 atom stereocenters. The summed E-state index contributed by atoms with van der Waals surface area (Å²) >= 11 is 0. The first-order valence-corrected chi connectivity index (χ1v) is 9.13. The van der Waals surface area contributed by atoms with Crippen LogP contribution in [0.2, 0.25) is 0 Å². The molecule has 9 nitrogen and oxygen atoms in total. The molecule has 0 aliphatic carbocycles. The third-order valence-corrected chi connectivity index (χ3v) is 4.32. The van der Waals surface area contributed by atoms with Crippen molar-refractivity contribution in [2.24, 2.45) is 0 Å². The molecule has 1 heterocycles. The number of amides is 1. The van der Waals surface area contributed by atoms with Crippen molar-refractivity contribution in [3.05, 3.63) is 53.9 Å². The van der Waals surface area contributed by atoms with Crippen molar-refractivity contribution in [3.8, 4) is 17.2 Å². The molecule has 1 unspecified atom stereocenters. The van der Waals surface area contributed by atoms with Gasteiger partial charge in [0.05, 0.1) is 26.5 Å². The maximum atomic E-state index is 13.1. The van der Waals surface area contributed by atoms with Crippen molar-refractivity contribution in [2.45, 2.75) is 19.3 Å². The predicted octanol–water partition coefficient (Wildman–Crippen LogP) is 2.58. The number of tetrazole rings is 1. The van der Waals surface area contributed by atoms with Crippen LogP contribution in [-0.2, 0) is 11.2 Å². The van der Waals surface area contributed by atoms with Gasteiger partial charge >= 0.3 is 0 Å². The summed E-state index contributed by atoms with van der Waals surface area (Å²) in [6.45, 7) is 2.38. The number of benzene rings is 2. The second kappa shape index (κ2) is 9.54. The Kier molecular flexibility index (Phi) is 6.62. The third-order valence-electron chi connectivity index (χ3n) is 4.32. The maximum Gasteiger partial charge on any atom is 0.235 e. The largest absolute Gasteiger partial charge is 0.493 e. The van der Waals surface area contributed by atoms with E-state index in [1.165, 1.54) is 0 Å². The summed E-state index contributed by atoms with van der Waals surface area (Å²) < 4.78 is 16.2. The Bertz CT molecular complexity index is 946. The van der Waals surface area contributed by atoms with Gasteiger partial charge in [-0.05, 0) is 43.2 Å². The number of carbonyl (C=O) groups is 1. The van der Waals surface area contributed by atoms with E-state index in [0.717, 1.165) is 5.56 Å². The number of anilines is 1. The summed E-state index contributed by atoms with van der Waals surface area (Å²) in [7, 11) is 3.14. The molecule has 0 aliphatic rings. The summed E-state index contributed by atoms with van der Waals surface area (Å²) in [5.41, 5.74) is 1.45. The van der Waals surface area contributed by atoms with Gasteiger partial charge in [0.2, 0.25) is 5.91 Å². The molecule has 0 aliphatic heterocycles. The number of carbonyl (C=O) groups excluding carboxylic acids is 1. The molecule has 0 spiro atoms. The Hall–Kier alpha value is -3.62. The van der Waals surface area contributed by atoms with E-state index in [2.05, 4.69) is 25.9 Å². The summed E-state index contributed by atoms with van der Waals surface area (Å²) in [4.78, 5) is 13.1. The van der Waals surface area contributed by atoms with E-state index < -0.39 is 5.92 Å². The van der Waals surface area contributed by atoms with Gasteiger partial charge in [-0.15, -0.1) is 10.2 Å². The Morgan fingerprint density at radius 3 is 2.59 bits per heavy atom. The molecule has 29 heavy (non-hydrogen) atoms. The van der Waals surface area contributed by atoms with Crippen molar-refractivity contribution in [3.63, 3.8) is 0 Å². The number of methoxy groups -OCH3 is 2. The average molecular weight is 397 g/mol. The standard InChI is InChI=1S/C20H23N5O4/c1-4-29-16-8-6-5-7-15(16)21-20(26)14(19-22-24-25-23-19)11-13-9-10-17(27-2)18(12-13)28-3/h5-10,12,14H,4,11H2,1-3H3,(H,21,26)(H,22,23,24,25). The van der Waals surface area contributed by atoms with Gasteiger partial charge in [0.15, 0.2) is 17.3 Å². The lowest BCUT2D eigenvalue weighted by Gasteiger charge is -2.17. The molecular weight excluding hydrogens is 374 g/mol. The number of aromatic amines is 1. The van der Waals surface area contributed by atoms with Crippen molar-refractivity contribution < 1.29 is 19.0 Å². The number of rotatable bonds is 9. The SMILES string of the molecule is CCOc1ccccc1NC(=O)C(Cc1ccc(OC)c(OC)c1)c1nn[nH]n1. The molecule has 0 saturated carbocycles. The molecule has 0 fully saturated rings. The second-order valence-electron chi connectivity index (χ2n) is 6.13. The number of H-pyrrole nitrogens is 1. The lowest BCUT2D eigenvalue weighted by molar-refractivity contribution is -0.117. The molecule has 0 saturated heterocycles. The molecule has 0 radical (unpaired) electrons. The van der Waals surface area contributed by atoms with Gasteiger partial charge in [-0.25, -0.2) is 0 Å². The number of aromatic nitrogens is 4. The number of hydrogen-bond acceptors (Lipinski definition) is 7. The van der Waals surface area contributed by atoms with Crippen LogP contribution in [0.5, 0.6) is 17.2 Å². The highest BCUT2D eigenvalue weighted by atomic mass is 16.5. The molecule has 9 heteroatoms. The first-order valence-electron chi connectivity index (χ1n) is 9.13. The van der Waals surface area contributed by atoms with E-state index in [9.17, 15) is 4.79 Å². The van der Waals surface area contributed by atoms with Gasteiger partial charge in [-0.1, -0.05) is 23.4 Å². The first kappa shape index (κ1) is 20.1. The highest BCUT2D eigenvalue weighted by molar-refractivity contribution is 5.96. The van der Waals surface area contributed by atoms with Crippen molar-refractivity contribution >= 4 is 11.6 Å². The van der Waals surface area contributed by atoms with E-state index >= 15 is 0 Å². The molecule has 2 aromatic carbocycles. The van der Waals surface area contributed by atoms with Gasteiger partial charge in [-0.3, -0.25) is 4.79 Å². The topological polar surface area (TPSA) is 111 Å². The predicted molar refractivity (Wildman–Crippen MR) is 106 cm³/mol. The van der Waals surface area contributed by atoms with Crippen LogP contribution in [0.3, 0.4) is 0 Å². The van der Waals surface area contributed by atoms with Gasteiger partial charge in [0.1, 0.15) is 11.7 Å². The monoisotopic (exact) mass is 397 g/mol. The third kappa shape index (κ3) is 4.81. The van der Waals surface area contributed by atoms with Crippen LogP contribution in [0, 0.1) is 0 Å². The number of nitrogens with zero attached hydrogens (tertiary/aromatic N) is 3. The lowest BCUT2D eigenvalue weighted by Crippen LogP contribution is -2.24. The Morgan fingerprint density at radius 2 is 1.90 bits per heavy atom. The molecule has 1 aromatic heterocycles. The summed E-state index contributed by atoms with van der Waals surface area (Å²) in [5.74, 6) is 1.16. The first-order chi connectivity index (χ1) is 14.2. The normalized spacial score (nSPS) is 11.6. The fraction of sp³-hybridized carbons (Fsp3) is 0.300. The summed E-state index contributed by atoms with van der Waals surface area (Å²) in [6.07, 6.45) is 0.350. The average Bonchev–Trinajstić information content (AvgIpc) is 3.27. The minimum absolute atomic E-state index is 0.270. The van der Waals surface area contributed by atoms with Gasteiger partial charge in [0.25, 0.3) is 0 Å². The molecule has 0 bridgehead atoms.